The molecule has 43 heavy (non-hydrogen) atoms. The van der Waals surface area contributed by atoms with Crippen molar-refractivity contribution in [2.24, 2.45) is 0 Å². The van der Waals surface area contributed by atoms with Crippen LogP contribution in [-0.2, 0) is 9.59 Å². The van der Waals surface area contributed by atoms with Crippen molar-refractivity contribution in [3.05, 3.63) is 47.3 Å². The molecule has 0 aliphatic carbocycles. The number of H-pyrrole nitrogens is 1. The molecule has 3 N–H and O–H groups in total. The van der Waals surface area contributed by atoms with Crippen molar-refractivity contribution >= 4 is 56.9 Å². The van der Waals surface area contributed by atoms with Gasteiger partial charge in [-0.3, -0.25) is 14.7 Å². The van der Waals surface area contributed by atoms with E-state index in [1.54, 1.807) is 25.1 Å². The number of ether oxygens (including phenoxy) is 1. The normalized spacial score (nSPS) is 17.0. The Balaban J connectivity index is 1.69. The largest absolute Gasteiger partial charge is 0.463 e. The van der Waals surface area contributed by atoms with Gasteiger partial charge in [-0.05, 0) is 44.5 Å². The van der Waals surface area contributed by atoms with E-state index >= 15 is 4.39 Å². The van der Waals surface area contributed by atoms with Gasteiger partial charge in [-0.2, -0.15) is 15.1 Å². The van der Waals surface area contributed by atoms with E-state index < -0.39 is 5.82 Å². The van der Waals surface area contributed by atoms with E-state index in [2.05, 4.69) is 26.7 Å². The molecule has 5 rings (SSSR count). The van der Waals surface area contributed by atoms with E-state index in [1.807, 2.05) is 37.8 Å². The number of nitrogens with two attached hydrogens (primary N) is 1. The molecule has 0 saturated carbocycles. The van der Waals surface area contributed by atoms with Gasteiger partial charge in [0, 0.05) is 55.8 Å². The number of carbonyl (C=O) groups excluding carboxylic acids is 2. The number of carbonyl (C=O) groups is 2. The smallest absolute Gasteiger partial charge is 0.319 e. The average Bonchev–Trinajstić information content (AvgIpc) is 3.35. The maximum Gasteiger partial charge on any atom is 0.319 e. The topological polar surface area (TPSA) is 134 Å². The van der Waals surface area contributed by atoms with Crippen LogP contribution < -0.4 is 15.4 Å². The highest BCUT2D eigenvalue weighted by molar-refractivity contribution is 6.35. The van der Waals surface area contributed by atoms with Crippen molar-refractivity contribution < 1.29 is 18.7 Å². The van der Waals surface area contributed by atoms with Crippen LogP contribution in [0.3, 0.4) is 0 Å². The highest BCUT2D eigenvalue weighted by Crippen LogP contribution is 2.43. The minimum absolute atomic E-state index is 0.00116. The molecule has 4 aromatic rings. The molecule has 2 amide bonds. The first-order valence-corrected chi connectivity index (χ1v) is 14.3. The Kier molecular flexibility index (Phi) is 8.15. The lowest BCUT2D eigenvalue weighted by Gasteiger charge is -2.44. The summed E-state index contributed by atoms with van der Waals surface area (Å²) in [6, 6.07) is 4.86. The zero-order valence-corrected chi connectivity index (χ0v) is 25.5. The van der Waals surface area contributed by atoms with Crippen LogP contribution in [0.4, 0.5) is 16.0 Å². The summed E-state index contributed by atoms with van der Waals surface area (Å²) < 4.78 is 22.6. The van der Waals surface area contributed by atoms with Crippen LogP contribution in [0, 0.1) is 12.7 Å². The molecule has 0 radical (unpaired) electrons. The SMILES string of the molecule is C=CC(=O)N1C[C@H](C)N(c2nc(OCCC(=O)N(C)C)nc3c(F)c(-c4c(C)ccc5[nH]nc(N)c45)c(Cl)cc23)C[C@H]1C. The second-order valence-electron chi connectivity index (χ2n) is 11.0. The number of nitrogens with zero attached hydrogens (tertiary/aromatic N) is 6. The third-order valence-corrected chi connectivity index (χ3v) is 8.12. The van der Waals surface area contributed by atoms with Gasteiger partial charge >= 0.3 is 6.01 Å². The van der Waals surface area contributed by atoms with Crippen molar-refractivity contribution in [1.29, 1.82) is 0 Å². The van der Waals surface area contributed by atoms with Crippen LogP contribution in [0.25, 0.3) is 32.9 Å². The molecular weight excluding hydrogens is 575 g/mol. The van der Waals surface area contributed by atoms with E-state index in [1.165, 1.54) is 11.0 Å². The van der Waals surface area contributed by atoms with Gasteiger partial charge in [-0.25, -0.2) is 4.39 Å². The van der Waals surface area contributed by atoms with E-state index in [0.29, 0.717) is 40.8 Å². The zero-order chi connectivity index (χ0) is 31.2. The van der Waals surface area contributed by atoms with Crippen molar-refractivity contribution in [2.45, 2.75) is 39.3 Å². The summed E-state index contributed by atoms with van der Waals surface area (Å²) in [7, 11) is 3.31. The predicted molar refractivity (Wildman–Crippen MR) is 166 cm³/mol. The molecule has 2 aromatic heterocycles. The molecule has 13 heteroatoms. The number of aryl methyl sites for hydroxylation is 1. The number of anilines is 2. The van der Waals surface area contributed by atoms with Crippen LogP contribution in [0.15, 0.2) is 30.9 Å². The minimum atomic E-state index is -0.669. The Morgan fingerprint density at radius 1 is 1.23 bits per heavy atom. The molecule has 11 nitrogen and oxygen atoms in total. The van der Waals surface area contributed by atoms with Crippen molar-refractivity contribution in [2.75, 3.05) is 44.4 Å². The monoisotopic (exact) mass is 608 g/mol. The number of amides is 2. The molecule has 3 heterocycles. The second kappa shape index (κ2) is 11.7. The second-order valence-corrected chi connectivity index (χ2v) is 11.4. The molecule has 1 fully saturated rings. The predicted octanol–water partition coefficient (Wildman–Crippen LogP) is 4.32. The van der Waals surface area contributed by atoms with Crippen LogP contribution >= 0.6 is 11.6 Å². The van der Waals surface area contributed by atoms with Crippen molar-refractivity contribution in [1.82, 2.24) is 30.0 Å². The average molecular weight is 609 g/mol. The van der Waals surface area contributed by atoms with Gasteiger partial charge in [0.2, 0.25) is 11.8 Å². The summed E-state index contributed by atoms with van der Waals surface area (Å²) in [6.45, 7) is 10.2. The number of hydrogen-bond acceptors (Lipinski definition) is 8. The highest BCUT2D eigenvalue weighted by atomic mass is 35.5. The first-order chi connectivity index (χ1) is 20.4. The quantitative estimate of drug-likeness (QED) is 0.296. The third kappa shape index (κ3) is 5.42. The highest BCUT2D eigenvalue weighted by Gasteiger charge is 2.34. The molecule has 226 valence electrons. The van der Waals surface area contributed by atoms with Gasteiger partial charge in [-0.15, -0.1) is 0 Å². The molecule has 1 saturated heterocycles. The number of aromatic amines is 1. The first-order valence-electron chi connectivity index (χ1n) is 13.9. The molecule has 0 bridgehead atoms. The van der Waals surface area contributed by atoms with Gasteiger partial charge in [0.05, 0.1) is 22.3 Å². The minimum Gasteiger partial charge on any atom is -0.463 e. The Morgan fingerprint density at radius 2 is 1.98 bits per heavy atom. The number of nitrogen functional groups attached to an aromatic ring is 1. The van der Waals surface area contributed by atoms with Crippen LogP contribution in [0.2, 0.25) is 5.02 Å². The molecule has 1 aliphatic heterocycles. The Labute approximate surface area is 253 Å². The number of piperazine rings is 1. The van der Waals surface area contributed by atoms with E-state index in [0.717, 1.165) is 5.56 Å². The van der Waals surface area contributed by atoms with Crippen LogP contribution in [0.1, 0.15) is 25.8 Å². The Morgan fingerprint density at radius 3 is 2.67 bits per heavy atom. The lowest BCUT2D eigenvalue weighted by Crippen LogP contribution is -2.58. The van der Waals surface area contributed by atoms with E-state index in [-0.39, 0.29) is 64.9 Å². The summed E-state index contributed by atoms with van der Waals surface area (Å²) in [5.41, 5.74) is 8.21. The summed E-state index contributed by atoms with van der Waals surface area (Å²) in [4.78, 5) is 39.0. The van der Waals surface area contributed by atoms with Gasteiger partial charge in [0.1, 0.15) is 17.9 Å². The number of nitrogens with one attached hydrogen (secondary N) is 1. The van der Waals surface area contributed by atoms with Crippen LogP contribution in [-0.4, -0.2) is 87.7 Å². The molecular formula is C30H34ClFN8O3. The fourth-order valence-corrected chi connectivity index (χ4v) is 5.82. The number of aromatic nitrogens is 4. The molecule has 1 aliphatic rings. The maximum atomic E-state index is 16.8. The number of fused-ring (bicyclic) bond motifs is 2. The van der Waals surface area contributed by atoms with Gasteiger partial charge < -0.3 is 25.2 Å². The molecule has 2 aromatic carbocycles. The van der Waals surface area contributed by atoms with Gasteiger partial charge in [0.25, 0.3) is 0 Å². The van der Waals surface area contributed by atoms with Gasteiger partial charge in [-0.1, -0.05) is 24.2 Å². The lowest BCUT2D eigenvalue weighted by molar-refractivity contribution is -0.129. The lowest BCUT2D eigenvalue weighted by atomic mass is 9.94. The summed E-state index contributed by atoms with van der Waals surface area (Å²) >= 11 is 6.86. The number of halogens is 2. The maximum absolute atomic E-state index is 16.8. The summed E-state index contributed by atoms with van der Waals surface area (Å²) in [6.07, 6.45) is 1.39. The zero-order valence-electron chi connectivity index (χ0n) is 24.7. The standard InChI is InChI=1S/C30H34ClFN8O3/c1-7-21(41)39-13-17(4)40(14-16(39)3)29-18-12-19(31)24(23-15(2)8-9-20-25(23)28(33)37-36-20)26(32)27(18)34-30(35-29)43-11-10-22(42)38(5)6/h7-9,12,16-17H,1,10-11,13-14H2,2-6H3,(H3,33,36,37)/t16-,17+/m1/s1. The molecule has 0 spiro atoms. The summed E-state index contributed by atoms with van der Waals surface area (Å²) in [5.74, 6) is -0.334. The van der Waals surface area contributed by atoms with E-state index in [4.69, 9.17) is 22.1 Å². The first kappa shape index (κ1) is 30.0. The number of hydrogen-bond donors (Lipinski definition) is 2. The fourth-order valence-electron chi connectivity index (χ4n) is 5.54. The summed E-state index contributed by atoms with van der Waals surface area (Å²) in [5, 5.41) is 8.06. The Bertz CT molecular complexity index is 1760. The van der Waals surface area contributed by atoms with Crippen molar-refractivity contribution in [3.8, 4) is 17.1 Å². The molecule has 2 atom stereocenters. The van der Waals surface area contributed by atoms with Gasteiger partial charge in [0.15, 0.2) is 11.6 Å². The number of benzene rings is 2. The fraction of sp³-hybridized carbons (Fsp3) is 0.367. The number of rotatable bonds is 7. The van der Waals surface area contributed by atoms with E-state index in [9.17, 15) is 9.59 Å². The van der Waals surface area contributed by atoms with Crippen LogP contribution in [0.5, 0.6) is 6.01 Å². The Hall–Kier alpha value is -4.45. The van der Waals surface area contributed by atoms with Crippen molar-refractivity contribution in [3.63, 3.8) is 0 Å². The third-order valence-electron chi connectivity index (χ3n) is 7.82. The molecule has 0 unspecified atom stereocenters.